The van der Waals surface area contributed by atoms with Crippen LogP contribution in [0.4, 0.5) is 0 Å². The molecule has 5 heteroatoms. The molecule has 2 rings (SSSR count). The molecule has 22 heavy (non-hydrogen) atoms. The van der Waals surface area contributed by atoms with E-state index in [0.717, 1.165) is 17.1 Å². The second-order valence-electron chi connectivity index (χ2n) is 5.17. The number of halogens is 1. The largest absolute Gasteiger partial charge is 0.490 e. The molecule has 120 valence electrons. The summed E-state index contributed by atoms with van der Waals surface area (Å²) in [5, 5.41) is 3.96. The molecule has 1 N–H and O–H groups in total. The quantitative estimate of drug-likeness (QED) is 0.781. The summed E-state index contributed by atoms with van der Waals surface area (Å²) < 4.78 is 16.7. The Hall–Kier alpha value is -1.65. The van der Waals surface area contributed by atoms with Crippen LogP contribution in [0.2, 0.25) is 5.02 Å². The average Bonchev–Trinajstić information content (AvgIpc) is 2.96. The van der Waals surface area contributed by atoms with Crippen LogP contribution in [0.1, 0.15) is 32.1 Å². The maximum Gasteiger partial charge on any atom is 0.163 e. The van der Waals surface area contributed by atoms with Crippen molar-refractivity contribution < 1.29 is 13.9 Å². The zero-order valence-corrected chi connectivity index (χ0v) is 13.9. The lowest BCUT2D eigenvalue weighted by molar-refractivity contribution is 0.223. The lowest BCUT2D eigenvalue weighted by atomic mass is 10.2. The van der Waals surface area contributed by atoms with Crippen LogP contribution < -0.4 is 14.8 Å². The first-order valence-electron chi connectivity index (χ1n) is 7.45. The molecule has 0 radical (unpaired) electrons. The van der Waals surface area contributed by atoms with Gasteiger partial charge in [-0.2, -0.15) is 0 Å². The summed E-state index contributed by atoms with van der Waals surface area (Å²) >= 11 is 6.35. The lowest BCUT2D eigenvalue weighted by Crippen LogP contribution is -2.13. The highest BCUT2D eigenvalue weighted by atomic mass is 35.5. The van der Waals surface area contributed by atoms with Gasteiger partial charge in [0.1, 0.15) is 5.76 Å². The Bertz CT molecular complexity index is 582. The molecule has 0 spiro atoms. The van der Waals surface area contributed by atoms with Gasteiger partial charge in [-0.1, -0.05) is 11.6 Å². The van der Waals surface area contributed by atoms with E-state index in [9.17, 15) is 0 Å². The third-order valence-electron chi connectivity index (χ3n) is 2.97. The number of furan rings is 1. The summed E-state index contributed by atoms with van der Waals surface area (Å²) in [7, 11) is 0. The minimum absolute atomic E-state index is 0.0678. The highest BCUT2D eigenvalue weighted by molar-refractivity contribution is 6.31. The Morgan fingerprint density at radius 2 is 2.05 bits per heavy atom. The number of hydrogen-bond donors (Lipinski definition) is 1. The van der Waals surface area contributed by atoms with Crippen LogP contribution in [0, 0.1) is 0 Å². The van der Waals surface area contributed by atoms with Crippen LogP contribution in [0.3, 0.4) is 0 Å². The maximum absolute atomic E-state index is 6.35. The molecule has 0 aliphatic heterocycles. The fourth-order valence-corrected chi connectivity index (χ4v) is 2.28. The maximum atomic E-state index is 6.35. The average molecular weight is 324 g/mol. The smallest absolute Gasteiger partial charge is 0.163 e. The molecule has 0 aliphatic carbocycles. The summed E-state index contributed by atoms with van der Waals surface area (Å²) in [4.78, 5) is 0. The van der Waals surface area contributed by atoms with Gasteiger partial charge in [0, 0.05) is 17.6 Å². The van der Waals surface area contributed by atoms with E-state index in [1.165, 1.54) is 0 Å². The Kier molecular flexibility index (Phi) is 6.16. The third-order valence-corrected chi connectivity index (χ3v) is 3.32. The van der Waals surface area contributed by atoms with Gasteiger partial charge in [0.2, 0.25) is 0 Å². The fraction of sp³-hybridized carbons (Fsp3) is 0.412. The molecule has 0 saturated carbocycles. The number of ether oxygens (including phenoxy) is 2. The SMILES string of the molecule is CCOc1cc(CNCc2ccco2)c(Cl)cc1OC(C)C. The van der Waals surface area contributed by atoms with Crippen molar-refractivity contribution >= 4 is 11.6 Å². The Balaban J connectivity index is 2.08. The minimum atomic E-state index is 0.0678. The van der Waals surface area contributed by atoms with Gasteiger partial charge in [-0.25, -0.2) is 0 Å². The van der Waals surface area contributed by atoms with Crippen molar-refractivity contribution in [3.05, 3.63) is 46.9 Å². The minimum Gasteiger partial charge on any atom is -0.490 e. The normalized spacial score (nSPS) is 11.0. The third kappa shape index (κ3) is 4.68. The predicted octanol–water partition coefficient (Wildman–Crippen LogP) is 4.41. The highest BCUT2D eigenvalue weighted by Gasteiger charge is 2.12. The highest BCUT2D eigenvalue weighted by Crippen LogP contribution is 2.34. The van der Waals surface area contributed by atoms with Gasteiger partial charge >= 0.3 is 0 Å². The van der Waals surface area contributed by atoms with Crippen molar-refractivity contribution in [1.29, 1.82) is 0 Å². The molecule has 0 unspecified atom stereocenters. The molecule has 1 aromatic carbocycles. The van der Waals surface area contributed by atoms with Gasteiger partial charge in [0.15, 0.2) is 11.5 Å². The van der Waals surface area contributed by atoms with Crippen molar-refractivity contribution in [3.8, 4) is 11.5 Å². The molecule has 0 fully saturated rings. The van der Waals surface area contributed by atoms with Crippen molar-refractivity contribution in [2.75, 3.05) is 6.61 Å². The van der Waals surface area contributed by atoms with Gasteiger partial charge < -0.3 is 19.2 Å². The fourth-order valence-electron chi connectivity index (χ4n) is 2.06. The first-order valence-corrected chi connectivity index (χ1v) is 7.83. The van der Waals surface area contributed by atoms with Crippen molar-refractivity contribution in [2.24, 2.45) is 0 Å². The van der Waals surface area contributed by atoms with Crippen LogP contribution in [0.15, 0.2) is 34.9 Å². The van der Waals surface area contributed by atoms with E-state index in [2.05, 4.69) is 5.32 Å². The van der Waals surface area contributed by atoms with Gasteiger partial charge in [0.25, 0.3) is 0 Å². The van der Waals surface area contributed by atoms with Crippen molar-refractivity contribution in [3.63, 3.8) is 0 Å². The molecule has 1 aromatic heterocycles. The molecule has 1 heterocycles. The van der Waals surface area contributed by atoms with Gasteiger partial charge in [0.05, 0.1) is 25.5 Å². The van der Waals surface area contributed by atoms with Gasteiger partial charge in [-0.05, 0) is 44.5 Å². The molecular weight excluding hydrogens is 302 g/mol. The molecule has 0 aliphatic rings. The summed E-state index contributed by atoms with van der Waals surface area (Å²) in [6.45, 7) is 7.75. The Labute approximate surface area is 136 Å². The zero-order valence-electron chi connectivity index (χ0n) is 13.2. The van der Waals surface area contributed by atoms with E-state index in [4.69, 9.17) is 25.5 Å². The summed E-state index contributed by atoms with van der Waals surface area (Å²) in [6, 6.07) is 7.55. The van der Waals surface area contributed by atoms with Crippen LogP contribution in [0.25, 0.3) is 0 Å². The van der Waals surface area contributed by atoms with Crippen molar-refractivity contribution in [2.45, 2.75) is 40.0 Å². The monoisotopic (exact) mass is 323 g/mol. The predicted molar refractivity (Wildman–Crippen MR) is 87.6 cm³/mol. The number of rotatable bonds is 8. The van der Waals surface area contributed by atoms with E-state index < -0.39 is 0 Å². The first kappa shape index (κ1) is 16.7. The summed E-state index contributed by atoms with van der Waals surface area (Å²) in [6.07, 6.45) is 1.73. The first-order chi connectivity index (χ1) is 10.6. The van der Waals surface area contributed by atoms with E-state index in [-0.39, 0.29) is 6.10 Å². The van der Waals surface area contributed by atoms with E-state index >= 15 is 0 Å². The number of hydrogen-bond acceptors (Lipinski definition) is 4. The molecule has 0 saturated heterocycles. The van der Waals surface area contributed by atoms with E-state index in [1.807, 2.05) is 45.0 Å². The number of benzene rings is 1. The second kappa shape index (κ2) is 8.11. The van der Waals surface area contributed by atoms with Crippen LogP contribution in [0.5, 0.6) is 11.5 Å². The van der Waals surface area contributed by atoms with Crippen molar-refractivity contribution in [1.82, 2.24) is 5.32 Å². The molecule has 0 atom stereocenters. The topological polar surface area (TPSA) is 43.6 Å². The molecule has 2 aromatic rings. The standard InChI is InChI=1S/C17H22ClNO3/c1-4-20-16-8-13(10-19-11-14-6-5-7-21-14)15(18)9-17(16)22-12(2)3/h5-9,12,19H,4,10-11H2,1-3H3. The van der Waals surface area contributed by atoms with Crippen LogP contribution >= 0.6 is 11.6 Å². The zero-order chi connectivity index (χ0) is 15.9. The molecule has 0 amide bonds. The summed E-state index contributed by atoms with van der Waals surface area (Å²) in [5.41, 5.74) is 0.966. The van der Waals surface area contributed by atoms with Gasteiger partial charge in [-0.15, -0.1) is 0 Å². The second-order valence-corrected chi connectivity index (χ2v) is 5.58. The Morgan fingerprint density at radius 1 is 1.23 bits per heavy atom. The summed E-state index contributed by atoms with van der Waals surface area (Å²) in [5.74, 6) is 2.29. The van der Waals surface area contributed by atoms with E-state index in [1.54, 1.807) is 6.26 Å². The number of nitrogens with one attached hydrogen (secondary N) is 1. The van der Waals surface area contributed by atoms with Crippen LogP contribution in [-0.4, -0.2) is 12.7 Å². The molecule has 0 bridgehead atoms. The van der Waals surface area contributed by atoms with E-state index in [0.29, 0.717) is 30.5 Å². The molecule has 4 nitrogen and oxygen atoms in total. The lowest BCUT2D eigenvalue weighted by Gasteiger charge is -2.17. The van der Waals surface area contributed by atoms with Gasteiger partial charge in [-0.3, -0.25) is 0 Å². The molecular formula is C17H22ClNO3. The Morgan fingerprint density at radius 3 is 2.68 bits per heavy atom. The van der Waals surface area contributed by atoms with Crippen LogP contribution in [-0.2, 0) is 13.1 Å².